The van der Waals surface area contributed by atoms with Crippen molar-refractivity contribution in [2.45, 2.75) is 12.2 Å². The molecule has 102 valence electrons. The van der Waals surface area contributed by atoms with Crippen LogP contribution in [0.5, 0.6) is 0 Å². The molecule has 3 nitrogen and oxygen atoms in total. The van der Waals surface area contributed by atoms with Gasteiger partial charge in [-0.15, -0.1) is 11.3 Å². The second-order valence-electron chi connectivity index (χ2n) is 3.74. The molecule has 1 aromatic carbocycles. The minimum atomic E-state index is -4.74. The van der Waals surface area contributed by atoms with Crippen molar-refractivity contribution in [3.63, 3.8) is 0 Å². The van der Waals surface area contributed by atoms with E-state index in [9.17, 15) is 17.6 Å². The molecule has 1 heterocycles. The number of hydrogen-bond donors (Lipinski definition) is 2. The van der Waals surface area contributed by atoms with Gasteiger partial charge in [0.2, 0.25) is 0 Å². The first-order valence-corrected chi connectivity index (χ1v) is 6.02. The zero-order chi connectivity index (χ0) is 14.0. The standard InChI is InChI=1S/C11H9F4N3S/c12-8-2-1-6(3-7(8)11(13,14)15)10(18-16)9-4-17-5-19-9/h1-5,10,18H,16H2. The Morgan fingerprint density at radius 2 is 2.05 bits per heavy atom. The van der Waals surface area contributed by atoms with E-state index in [4.69, 9.17) is 5.84 Å². The maximum Gasteiger partial charge on any atom is 0.419 e. The molecule has 0 amide bonds. The van der Waals surface area contributed by atoms with Crippen LogP contribution in [0.25, 0.3) is 0 Å². The van der Waals surface area contributed by atoms with Gasteiger partial charge in [0.1, 0.15) is 5.82 Å². The predicted molar refractivity (Wildman–Crippen MR) is 62.7 cm³/mol. The molecule has 0 aliphatic rings. The van der Waals surface area contributed by atoms with Crippen molar-refractivity contribution >= 4 is 11.3 Å². The second-order valence-corrected chi connectivity index (χ2v) is 4.66. The first-order chi connectivity index (χ1) is 8.93. The highest BCUT2D eigenvalue weighted by Crippen LogP contribution is 2.34. The number of nitrogens with two attached hydrogens (primary N) is 1. The summed E-state index contributed by atoms with van der Waals surface area (Å²) in [5.74, 6) is 4.04. The lowest BCUT2D eigenvalue weighted by Gasteiger charge is -2.16. The van der Waals surface area contributed by atoms with Crippen molar-refractivity contribution in [3.8, 4) is 0 Å². The number of hydrazine groups is 1. The molecule has 0 spiro atoms. The molecule has 0 saturated carbocycles. The van der Waals surface area contributed by atoms with Crippen LogP contribution in [0.3, 0.4) is 0 Å². The number of nitrogens with zero attached hydrogens (tertiary/aromatic N) is 1. The van der Waals surface area contributed by atoms with Crippen LogP contribution in [0, 0.1) is 5.82 Å². The highest BCUT2D eigenvalue weighted by Gasteiger charge is 2.34. The Morgan fingerprint density at radius 3 is 2.58 bits per heavy atom. The first-order valence-electron chi connectivity index (χ1n) is 5.14. The molecule has 8 heteroatoms. The molecule has 1 aromatic heterocycles. The van der Waals surface area contributed by atoms with E-state index in [0.29, 0.717) is 4.88 Å². The van der Waals surface area contributed by atoms with Crippen LogP contribution in [0.15, 0.2) is 29.9 Å². The summed E-state index contributed by atoms with van der Waals surface area (Å²) in [6.07, 6.45) is -3.25. The summed E-state index contributed by atoms with van der Waals surface area (Å²) in [7, 11) is 0. The summed E-state index contributed by atoms with van der Waals surface area (Å²) >= 11 is 1.24. The number of hydrogen-bond acceptors (Lipinski definition) is 4. The van der Waals surface area contributed by atoms with Crippen molar-refractivity contribution < 1.29 is 17.6 Å². The minimum absolute atomic E-state index is 0.223. The summed E-state index contributed by atoms with van der Waals surface area (Å²) in [5.41, 5.74) is 2.85. The van der Waals surface area contributed by atoms with Gasteiger partial charge in [0.05, 0.1) is 17.1 Å². The van der Waals surface area contributed by atoms with E-state index in [-0.39, 0.29) is 5.56 Å². The number of thiazole rings is 1. The normalized spacial score (nSPS) is 13.5. The van der Waals surface area contributed by atoms with Crippen LogP contribution >= 0.6 is 11.3 Å². The lowest BCUT2D eigenvalue weighted by atomic mass is 10.0. The molecule has 1 atom stereocenters. The molecular formula is C11H9F4N3S. The smallest absolute Gasteiger partial charge is 0.271 e. The molecule has 0 fully saturated rings. The number of alkyl halides is 3. The molecule has 2 rings (SSSR count). The molecule has 0 aliphatic carbocycles. The van der Waals surface area contributed by atoms with Crippen molar-refractivity contribution in [1.82, 2.24) is 10.4 Å². The Bertz CT molecular complexity index is 554. The fraction of sp³-hybridized carbons (Fsp3) is 0.182. The quantitative estimate of drug-likeness (QED) is 0.519. The van der Waals surface area contributed by atoms with Gasteiger partial charge >= 0.3 is 6.18 Å². The Kier molecular flexibility index (Phi) is 3.83. The van der Waals surface area contributed by atoms with Gasteiger partial charge in [0.25, 0.3) is 0 Å². The third kappa shape index (κ3) is 2.91. The van der Waals surface area contributed by atoms with Crippen molar-refractivity contribution in [3.05, 3.63) is 51.7 Å². The van der Waals surface area contributed by atoms with Crippen molar-refractivity contribution in [2.75, 3.05) is 0 Å². The largest absolute Gasteiger partial charge is 0.419 e. The molecule has 0 aliphatic heterocycles. The number of rotatable bonds is 3. The van der Waals surface area contributed by atoms with E-state index in [1.165, 1.54) is 29.1 Å². The Balaban J connectivity index is 2.45. The van der Waals surface area contributed by atoms with Gasteiger partial charge in [-0.3, -0.25) is 10.8 Å². The van der Waals surface area contributed by atoms with Gasteiger partial charge in [-0.25, -0.2) is 9.82 Å². The second kappa shape index (κ2) is 5.24. The van der Waals surface area contributed by atoms with Crippen LogP contribution < -0.4 is 11.3 Å². The minimum Gasteiger partial charge on any atom is -0.271 e. The highest BCUT2D eigenvalue weighted by molar-refractivity contribution is 7.09. The first kappa shape index (κ1) is 13.9. The molecule has 0 bridgehead atoms. The highest BCUT2D eigenvalue weighted by atomic mass is 32.1. The molecule has 1 unspecified atom stereocenters. The van der Waals surface area contributed by atoms with Crippen LogP contribution in [0.4, 0.5) is 17.6 Å². The number of aromatic nitrogens is 1. The number of halogens is 4. The zero-order valence-electron chi connectivity index (χ0n) is 9.41. The molecule has 3 N–H and O–H groups in total. The summed E-state index contributed by atoms with van der Waals surface area (Å²) in [6, 6.07) is 2.13. The lowest BCUT2D eigenvalue weighted by Crippen LogP contribution is -2.28. The Labute approximate surface area is 110 Å². The Hall–Kier alpha value is -1.51. The van der Waals surface area contributed by atoms with E-state index >= 15 is 0 Å². The lowest BCUT2D eigenvalue weighted by molar-refractivity contribution is -0.140. The molecule has 2 aromatic rings. The zero-order valence-corrected chi connectivity index (χ0v) is 10.2. The molecule has 0 saturated heterocycles. The van der Waals surface area contributed by atoms with Crippen molar-refractivity contribution in [1.29, 1.82) is 0 Å². The monoisotopic (exact) mass is 291 g/mol. The average Bonchev–Trinajstić information content (AvgIpc) is 2.84. The summed E-state index contributed by atoms with van der Waals surface area (Å²) < 4.78 is 51.1. The van der Waals surface area contributed by atoms with Gasteiger partial charge in [-0.2, -0.15) is 13.2 Å². The van der Waals surface area contributed by atoms with Gasteiger partial charge < -0.3 is 0 Å². The maximum atomic E-state index is 13.2. The van der Waals surface area contributed by atoms with Crippen LogP contribution in [-0.4, -0.2) is 4.98 Å². The third-order valence-electron chi connectivity index (χ3n) is 2.53. The van der Waals surface area contributed by atoms with E-state index in [0.717, 1.165) is 12.1 Å². The predicted octanol–water partition coefficient (Wildman–Crippen LogP) is 2.85. The van der Waals surface area contributed by atoms with Gasteiger partial charge in [0, 0.05) is 11.1 Å². The number of benzene rings is 1. The molecule has 19 heavy (non-hydrogen) atoms. The fourth-order valence-corrected chi connectivity index (χ4v) is 2.36. The third-order valence-corrected chi connectivity index (χ3v) is 3.37. The van der Waals surface area contributed by atoms with Gasteiger partial charge in [-0.1, -0.05) is 6.07 Å². The number of nitrogens with one attached hydrogen (secondary N) is 1. The maximum absolute atomic E-state index is 13.2. The Morgan fingerprint density at radius 1 is 1.32 bits per heavy atom. The van der Waals surface area contributed by atoms with Crippen LogP contribution in [0.1, 0.15) is 22.0 Å². The van der Waals surface area contributed by atoms with E-state index in [1.807, 2.05) is 0 Å². The van der Waals surface area contributed by atoms with Gasteiger partial charge in [0.15, 0.2) is 0 Å². The van der Waals surface area contributed by atoms with Gasteiger partial charge in [-0.05, 0) is 17.7 Å². The fourth-order valence-electron chi connectivity index (χ4n) is 1.65. The van der Waals surface area contributed by atoms with Crippen LogP contribution in [0.2, 0.25) is 0 Å². The van der Waals surface area contributed by atoms with E-state index < -0.39 is 23.6 Å². The summed E-state index contributed by atoms with van der Waals surface area (Å²) in [5, 5.41) is 0. The van der Waals surface area contributed by atoms with E-state index in [2.05, 4.69) is 10.4 Å². The molecule has 0 radical (unpaired) electrons. The topological polar surface area (TPSA) is 50.9 Å². The van der Waals surface area contributed by atoms with Crippen LogP contribution in [-0.2, 0) is 6.18 Å². The van der Waals surface area contributed by atoms with E-state index in [1.54, 1.807) is 0 Å². The average molecular weight is 291 g/mol. The van der Waals surface area contributed by atoms with Crippen molar-refractivity contribution in [2.24, 2.45) is 5.84 Å². The SMILES string of the molecule is NNC(c1ccc(F)c(C(F)(F)F)c1)c1cncs1. The summed E-state index contributed by atoms with van der Waals surface area (Å²) in [6.45, 7) is 0. The summed E-state index contributed by atoms with van der Waals surface area (Å²) in [4.78, 5) is 4.47. The molecular weight excluding hydrogens is 282 g/mol.